The minimum absolute atomic E-state index is 0.136. The van der Waals surface area contributed by atoms with Crippen LogP contribution < -0.4 is 10.6 Å². The molecule has 3 rings (SSSR count). The van der Waals surface area contributed by atoms with Crippen molar-refractivity contribution in [2.24, 2.45) is 0 Å². The zero-order valence-electron chi connectivity index (χ0n) is 14.2. The normalized spacial score (nSPS) is 10.4. The number of anilines is 2. The van der Waals surface area contributed by atoms with Gasteiger partial charge in [-0.15, -0.1) is 10.2 Å². The molecule has 9 heteroatoms. The second kappa shape index (κ2) is 9.12. The van der Waals surface area contributed by atoms with E-state index in [1.165, 1.54) is 23.1 Å². The van der Waals surface area contributed by atoms with Crippen LogP contribution >= 0.6 is 39.0 Å². The third-order valence-electron chi connectivity index (χ3n) is 3.47. The van der Waals surface area contributed by atoms with Crippen LogP contribution in [0.15, 0.2) is 57.3 Å². The van der Waals surface area contributed by atoms with Crippen molar-refractivity contribution in [2.45, 2.75) is 11.3 Å². The van der Waals surface area contributed by atoms with E-state index in [2.05, 4.69) is 36.8 Å². The number of rotatable bonds is 6. The Morgan fingerprint density at radius 1 is 1.07 bits per heavy atom. The van der Waals surface area contributed by atoms with Crippen LogP contribution in [0.3, 0.4) is 0 Å². The molecule has 138 valence electrons. The van der Waals surface area contributed by atoms with E-state index in [9.17, 15) is 9.59 Å². The van der Waals surface area contributed by atoms with Crippen molar-refractivity contribution < 1.29 is 9.59 Å². The monoisotopic (exact) mass is 462 g/mol. The SMILES string of the molecule is Cc1ccccc1C(=O)Nc1nnc(SCC(=O)Nc2ccc(Br)cc2)s1. The van der Waals surface area contributed by atoms with Crippen LogP contribution in [0, 0.1) is 6.92 Å². The fourth-order valence-electron chi connectivity index (χ4n) is 2.17. The number of hydrogen-bond acceptors (Lipinski definition) is 6. The highest BCUT2D eigenvalue weighted by Gasteiger charge is 2.13. The molecular weight excluding hydrogens is 448 g/mol. The van der Waals surface area contributed by atoms with E-state index in [-0.39, 0.29) is 17.6 Å². The Morgan fingerprint density at radius 2 is 1.81 bits per heavy atom. The van der Waals surface area contributed by atoms with Crippen molar-refractivity contribution in [3.05, 3.63) is 64.1 Å². The zero-order valence-corrected chi connectivity index (χ0v) is 17.5. The second-order valence-corrected chi connectivity index (χ2v) is 8.60. The Bertz CT molecular complexity index is 960. The van der Waals surface area contributed by atoms with Crippen molar-refractivity contribution in [2.75, 3.05) is 16.4 Å². The van der Waals surface area contributed by atoms with Gasteiger partial charge < -0.3 is 5.32 Å². The number of thioether (sulfide) groups is 1. The van der Waals surface area contributed by atoms with E-state index in [0.717, 1.165) is 15.7 Å². The molecule has 2 aromatic carbocycles. The van der Waals surface area contributed by atoms with Gasteiger partial charge in [-0.1, -0.05) is 57.2 Å². The van der Waals surface area contributed by atoms with Crippen molar-refractivity contribution in [1.29, 1.82) is 0 Å². The van der Waals surface area contributed by atoms with Gasteiger partial charge in [-0.25, -0.2) is 0 Å². The molecule has 2 amide bonds. The third kappa shape index (κ3) is 5.62. The highest BCUT2D eigenvalue weighted by atomic mass is 79.9. The molecule has 1 aromatic heterocycles. The van der Waals surface area contributed by atoms with Gasteiger partial charge in [-0.3, -0.25) is 14.9 Å². The Hall–Kier alpha value is -2.23. The number of benzene rings is 2. The van der Waals surface area contributed by atoms with Gasteiger partial charge in [-0.2, -0.15) is 0 Å². The van der Waals surface area contributed by atoms with Crippen molar-refractivity contribution >= 4 is 61.7 Å². The molecule has 0 saturated heterocycles. The van der Waals surface area contributed by atoms with E-state index in [1.807, 2.05) is 49.4 Å². The van der Waals surface area contributed by atoms with Gasteiger partial charge in [0.05, 0.1) is 5.75 Å². The van der Waals surface area contributed by atoms with Crippen LogP contribution in [0.1, 0.15) is 15.9 Å². The maximum Gasteiger partial charge on any atom is 0.257 e. The topological polar surface area (TPSA) is 84.0 Å². The first-order valence-corrected chi connectivity index (χ1v) is 10.5. The Kier molecular flexibility index (Phi) is 6.59. The Morgan fingerprint density at radius 3 is 2.56 bits per heavy atom. The second-order valence-electron chi connectivity index (χ2n) is 5.49. The summed E-state index contributed by atoms with van der Waals surface area (Å²) in [6.07, 6.45) is 0. The van der Waals surface area contributed by atoms with Gasteiger partial charge in [0.25, 0.3) is 5.91 Å². The lowest BCUT2D eigenvalue weighted by Crippen LogP contribution is -2.13. The molecule has 0 bridgehead atoms. The molecule has 0 aliphatic heterocycles. The summed E-state index contributed by atoms with van der Waals surface area (Å²) in [4.78, 5) is 24.3. The molecule has 0 atom stereocenters. The highest BCUT2D eigenvalue weighted by Crippen LogP contribution is 2.26. The van der Waals surface area contributed by atoms with Crippen LogP contribution in [-0.4, -0.2) is 27.8 Å². The average molecular weight is 463 g/mol. The lowest BCUT2D eigenvalue weighted by molar-refractivity contribution is -0.113. The number of nitrogens with zero attached hydrogens (tertiary/aromatic N) is 2. The summed E-state index contributed by atoms with van der Waals surface area (Å²) in [5.41, 5.74) is 2.21. The number of nitrogens with one attached hydrogen (secondary N) is 2. The first kappa shape index (κ1) is 19.5. The summed E-state index contributed by atoms with van der Waals surface area (Å²) in [7, 11) is 0. The quantitative estimate of drug-likeness (QED) is 0.413. The molecule has 0 fully saturated rings. The molecule has 0 saturated carbocycles. The summed E-state index contributed by atoms with van der Waals surface area (Å²) in [5, 5.41) is 13.9. The van der Waals surface area contributed by atoms with Crippen LogP contribution in [0.25, 0.3) is 0 Å². The molecule has 2 N–H and O–H groups in total. The summed E-state index contributed by atoms with van der Waals surface area (Å²) >= 11 is 5.86. The predicted octanol–water partition coefficient (Wildman–Crippen LogP) is 4.59. The molecule has 0 aliphatic rings. The third-order valence-corrected chi connectivity index (χ3v) is 5.97. The molecule has 0 radical (unpaired) electrons. The maximum atomic E-state index is 12.3. The van der Waals surface area contributed by atoms with Crippen LogP contribution in [0.4, 0.5) is 10.8 Å². The highest BCUT2D eigenvalue weighted by molar-refractivity contribution is 9.10. The minimum Gasteiger partial charge on any atom is -0.325 e. The standard InChI is InChI=1S/C18H15BrN4O2S2/c1-11-4-2-3-5-14(11)16(25)21-17-22-23-18(27-17)26-10-15(24)20-13-8-6-12(19)7-9-13/h2-9H,10H2,1H3,(H,20,24)(H,21,22,25). The predicted molar refractivity (Wildman–Crippen MR) is 113 cm³/mol. The molecule has 0 aliphatic carbocycles. The van der Waals surface area contributed by atoms with E-state index < -0.39 is 0 Å². The molecule has 0 unspecified atom stereocenters. The molecule has 6 nitrogen and oxygen atoms in total. The molecule has 0 spiro atoms. The molecular formula is C18H15BrN4O2S2. The van der Waals surface area contributed by atoms with Gasteiger partial charge in [0.15, 0.2) is 4.34 Å². The van der Waals surface area contributed by atoms with Gasteiger partial charge in [0.2, 0.25) is 11.0 Å². The number of halogens is 1. The first-order valence-electron chi connectivity index (χ1n) is 7.90. The van der Waals surface area contributed by atoms with Crippen LogP contribution in [0.2, 0.25) is 0 Å². The van der Waals surface area contributed by atoms with Gasteiger partial charge in [0.1, 0.15) is 0 Å². The first-order chi connectivity index (χ1) is 13.0. The zero-order chi connectivity index (χ0) is 19.2. The number of aryl methyl sites for hydroxylation is 1. The van der Waals surface area contributed by atoms with Gasteiger partial charge >= 0.3 is 0 Å². The summed E-state index contributed by atoms with van der Waals surface area (Å²) < 4.78 is 1.56. The Labute approximate surface area is 172 Å². The fourth-order valence-corrected chi connectivity index (χ4v) is 3.98. The van der Waals surface area contributed by atoms with E-state index in [1.54, 1.807) is 6.07 Å². The lowest BCUT2D eigenvalue weighted by Gasteiger charge is -2.04. The van der Waals surface area contributed by atoms with Crippen molar-refractivity contribution in [1.82, 2.24) is 10.2 Å². The number of hydrogen-bond donors (Lipinski definition) is 2. The van der Waals surface area contributed by atoms with Crippen LogP contribution in [-0.2, 0) is 4.79 Å². The van der Waals surface area contributed by atoms with Gasteiger partial charge in [-0.05, 0) is 42.8 Å². The summed E-state index contributed by atoms with van der Waals surface area (Å²) in [5.74, 6) is -0.159. The summed E-state index contributed by atoms with van der Waals surface area (Å²) in [6.45, 7) is 1.88. The molecule has 3 aromatic rings. The maximum absolute atomic E-state index is 12.3. The minimum atomic E-state index is -0.228. The fraction of sp³-hybridized carbons (Fsp3) is 0.111. The van der Waals surface area contributed by atoms with Crippen molar-refractivity contribution in [3.63, 3.8) is 0 Å². The van der Waals surface area contributed by atoms with E-state index >= 15 is 0 Å². The number of carbonyl (C=O) groups is 2. The lowest BCUT2D eigenvalue weighted by atomic mass is 10.1. The number of aromatic nitrogens is 2. The molecule has 1 heterocycles. The van der Waals surface area contributed by atoms with E-state index in [0.29, 0.717) is 15.0 Å². The Balaban J connectivity index is 1.52. The molecule has 27 heavy (non-hydrogen) atoms. The smallest absolute Gasteiger partial charge is 0.257 e. The largest absolute Gasteiger partial charge is 0.325 e. The summed E-state index contributed by atoms with van der Waals surface area (Å²) in [6, 6.07) is 14.7. The van der Waals surface area contributed by atoms with Crippen molar-refractivity contribution in [3.8, 4) is 0 Å². The number of amides is 2. The van der Waals surface area contributed by atoms with E-state index in [4.69, 9.17) is 0 Å². The average Bonchev–Trinajstić information content (AvgIpc) is 3.09. The number of carbonyl (C=O) groups excluding carboxylic acids is 2. The van der Waals surface area contributed by atoms with Gasteiger partial charge in [0, 0.05) is 15.7 Å². The van der Waals surface area contributed by atoms with Crippen LogP contribution in [0.5, 0.6) is 0 Å².